The summed E-state index contributed by atoms with van der Waals surface area (Å²) >= 11 is 0. The van der Waals surface area contributed by atoms with Crippen molar-refractivity contribution in [3.05, 3.63) is 35.9 Å². The minimum atomic E-state index is -0.147. The highest BCUT2D eigenvalue weighted by atomic mass is 15.0. The van der Waals surface area contributed by atoms with Crippen molar-refractivity contribution in [2.24, 2.45) is 10.7 Å². The fourth-order valence-electron chi connectivity index (χ4n) is 0.863. The Kier molecular flexibility index (Phi) is 3.02. The number of nitrogens with one attached hydrogen (secondary N) is 1. The molecule has 12 heavy (non-hydrogen) atoms. The van der Waals surface area contributed by atoms with Crippen molar-refractivity contribution in [2.45, 2.75) is 6.42 Å². The maximum Gasteiger partial charge on any atom is 0.212 e. The zero-order valence-corrected chi connectivity index (χ0v) is 6.70. The fourth-order valence-corrected chi connectivity index (χ4v) is 0.863. The number of guanidine groups is 1. The molecule has 0 heterocycles. The van der Waals surface area contributed by atoms with Gasteiger partial charge in [-0.1, -0.05) is 30.3 Å². The topological polar surface area (TPSA) is 62.2 Å². The van der Waals surface area contributed by atoms with E-state index in [1.807, 2.05) is 30.3 Å². The Labute approximate surface area is 71.4 Å². The van der Waals surface area contributed by atoms with Crippen molar-refractivity contribution in [3.63, 3.8) is 0 Å². The summed E-state index contributed by atoms with van der Waals surface area (Å²) in [6, 6.07) is 9.91. The number of nitrogens with zero attached hydrogens (tertiary/aromatic N) is 1. The molecule has 62 valence electrons. The van der Waals surface area contributed by atoms with Gasteiger partial charge in [-0.25, -0.2) is 4.99 Å². The first kappa shape index (κ1) is 8.46. The number of hydrogen-bond donors (Lipinski definition) is 2. The Hall–Kier alpha value is -1.64. The highest BCUT2D eigenvalue weighted by Gasteiger charge is 1.86. The molecule has 0 saturated carbocycles. The molecule has 0 atom stereocenters. The average Bonchev–Trinajstić information content (AvgIpc) is 2.05. The van der Waals surface area contributed by atoms with Gasteiger partial charge in [0.05, 0.1) is 0 Å². The Balaban J connectivity index is 2.49. The van der Waals surface area contributed by atoms with Gasteiger partial charge in [0.2, 0.25) is 5.96 Å². The minimum Gasteiger partial charge on any atom is -0.368 e. The van der Waals surface area contributed by atoms with Gasteiger partial charge in [0.1, 0.15) is 0 Å². The van der Waals surface area contributed by atoms with Crippen LogP contribution in [0.2, 0.25) is 0 Å². The van der Waals surface area contributed by atoms with Crippen LogP contribution in [0.3, 0.4) is 0 Å². The molecule has 0 bridgehead atoms. The summed E-state index contributed by atoms with van der Waals surface area (Å²) in [6.07, 6.45) is 2.36. The molecule has 3 N–H and O–H groups in total. The molecule has 1 aromatic carbocycles. The van der Waals surface area contributed by atoms with E-state index in [9.17, 15) is 0 Å². The fraction of sp³-hybridized carbons (Fsp3) is 0.111. The highest BCUT2D eigenvalue weighted by Crippen LogP contribution is 1.96. The Morgan fingerprint density at radius 3 is 2.67 bits per heavy atom. The van der Waals surface area contributed by atoms with Crippen molar-refractivity contribution in [3.8, 4) is 0 Å². The second-order valence-corrected chi connectivity index (χ2v) is 2.39. The molecule has 1 rings (SSSR count). The average molecular weight is 161 g/mol. The van der Waals surface area contributed by atoms with Crippen LogP contribution in [-0.2, 0) is 6.42 Å². The van der Waals surface area contributed by atoms with Crippen LogP contribution in [0.1, 0.15) is 5.56 Å². The van der Waals surface area contributed by atoms with Crippen molar-refractivity contribution < 1.29 is 0 Å². The molecule has 1 aromatic rings. The van der Waals surface area contributed by atoms with E-state index >= 15 is 0 Å². The van der Waals surface area contributed by atoms with Crippen LogP contribution in [0.15, 0.2) is 35.3 Å². The summed E-state index contributed by atoms with van der Waals surface area (Å²) in [5, 5.41) is 6.84. The largest absolute Gasteiger partial charge is 0.368 e. The summed E-state index contributed by atoms with van der Waals surface area (Å²) < 4.78 is 0. The zero-order valence-electron chi connectivity index (χ0n) is 6.70. The molecule has 0 spiro atoms. The molecule has 3 heteroatoms. The molecular formula is C9H11N3. The summed E-state index contributed by atoms with van der Waals surface area (Å²) in [5.41, 5.74) is 6.21. The Morgan fingerprint density at radius 1 is 1.42 bits per heavy atom. The van der Waals surface area contributed by atoms with Crippen LogP contribution < -0.4 is 5.73 Å². The van der Waals surface area contributed by atoms with E-state index in [1.54, 1.807) is 6.21 Å². The Morgan fingerprint density at radius 2 is 2.08 bits per heavy atom. The van der Waals surface area contributed by atoms with Gasteiger partial charge >= 0.3 is 0 Å². The quantitative estimate of drug-likeness (QED) is 0.496. The molecule has 0 saturated heterocycles. The van der Waals surface area contributed by atoms with Gasteiger partial charge in [-0.05, 0) is 5.56 Å². The van der Waals surface area contributed by atoms with Gasteiger partial charge in [0.25, 0.3) is 0 Å². The van der Waals surface area contributed by atoms with E-state index in [4.69, 9.17) is 11.1 Å². The van der Waals surface area contributed by atoms with Crippen LogP contribution >= 0.6 is 0 Å². The molecule has 0 aromatic heterocycles. The third kappa shape index (κ3) is 2.96. The van der Waals surface area contributed by atoms with Crippen LogP contribution in [0, 0.1) is 5.41 Å². The summed E-state index contributed by atoms with van der Waals surface area (Å²) in [4.78, 5) is 3.66. The second-order valence-electron chi connectivity index (χ2n) is 2.39. The van der Waals surface area contributed by atoms with Crippen molar-refractivity contribution in [1.29, 1.82) is 5.41 Å². The number of aliphatic imine (C=N–C) groups is 1. The van der Waals surface area contributed by atoms with E-state index in [1.165, 1.54) is 5.56 Å². The standard InChI is InChI=1S/C9H11N3/c10-9(11)12-7-6-8-4-2-1-3-5-8/h1-5,7H,6H2,(H3,10,11)/b12-7+. The van der Waals surface area contributed by atoms with E-state index in [0.717, 1.165) is 6.42 Å². The lowest BCUT2D eigenvalue weighted by molar-refractivity contribution is 1.33. The van der Waals surface area contributed by atoms with Crippen LogP contribution in [-0.4, -0.2) is 12.2 Å². The molecule has 0 unspecified atom stereocenters. The zero-order chi connectivity index (χ0) is 8.81. The van der Waals surface area contributed by atoms with Crippen molar-refractivity contribution >= 4 is 12.2 Å². The van der Waals surface area contributed by atoms with E-state index in [2.05, 4.69) is 4.99 Å². The van der Waals surface area contributed by atoms with E-state index < -0.39 is 0 Å². The first-order valence-electron chi connectivity index (χ1n) is 3.69. The van der Waals surface area contributed by atoms with Crippen molar-refractivity contribution in [2.75, 3.05) is 0 Å². The maximum absolute atomic E-state index is 6.84. The van der Waals surface area contributed by atoms with Crippen LogP contribution in [0.5, 0.6) is 0 Å². The number of hydrogen-bond acceptors (Lipinski definition) is 1. The van der Waals surface area contributed by atoms with Crippen LogP contribution in [0.4, 0.5) is 0 Å². The number of nitrogens with two attached hydrogens (primary N) is 1. The summed E-state index contributed by atoms with van der Waals surface area (Å²) in [5.74, 6) is -0.147. The lowest BCUT2D eigenvalue weighted by atomic mass is 10.2. The summed E-state index contributed by atoms with van der Waals surface area (Å²) in [7, 11) is 0. The van der Waals surface area contributed by atoms with Gasteiger partial charge < -0.3 is 5.73 Å². The molecule has 0 aliphatic rings. The minimum absolute atomic E-state index is 0.147. The van der Waals surface area contributed by atoms with Gasteiger partial charge in [-0.2, -0.15) is 0 Å². The Bertz CT molecular complexity index is 277. The summed E-state index contributed by atoms with van der Waals surface area (Å²) in [6.45, 7) is 0. The van der Waals surface area contributed by atoms with Crippen LogP contribution in [0.25, 0.3) is 0 Å². The first-order valence-corrected chi connectivity index (χ1v) is 3.69. The normalized spacial score (nSPS) is 10.3. The van der Waals surface area contributed by atoms with Crippen molar-refractivity contribution in [1.82, 2.24) is 0 Å². The van der Waals surface area contributed by atoms with Gasteiger partial charge in [0.15, 0.2) is 0 Å². The second kappa shape index (κ2) is 4.28. The number of benzene rings is 1. The predicted molar refractivity (Wildman–Crippen MR) is 50.6 cm³/mol. The smallest absolute Gasteiger partial charge is 0.212 e. The van der Waals surface area contributed by atoms with Gasteiger partial charge in [0, 0.05) is 12.6 Å². The SMILES string of the molecule is N=C(N)/N=C/Cc1ccccc1. The molecule has 0 aliphatic carbocycles. The third-order valence-electron chi connectivity index (χ3n) is 1.40. The first-order chi connectivity index (χ1) is 5.79. The third-order valence-corrected chi connectivity index (χ3v) is 1.40. The monoisotopic (exact) mass is 161 g/mol. The lowest BCUT2D eigenvalue weighted by Gasteiger charge is -1.92. The maximum atomic E-state index is 6.84. The molecule has 3 nitrogen and oxygen atoms in total. The van der Waals surface area contributed by atoms with Gasteiger partial charge in [-0.15, -0.1) is 0 Å². The molecule has 0 amide bonds. The highest BCUT2D eigenvalue weighted by molar-refractivity contribution is 5.84. The van der Waals surface area contributed by atoms with E-state index in [0.29, 0.717) is 0 Å². The predicted octanol–water partition coefficient (Wildman–Crippen LogP) is 1.19. The molecule has 0 radical (unpaired) electrons. The molecular weight excluding hydrogens is 150 g/mol. The van der Waals surface area contributed by atoms with E-state index in [-0.39, 0.29) is 5.96 Å². The molecule has 0 aliphatic heterocycles. The molecule has 0 fully saturated rings. The lowest BCUT2D eigenvalue weighted by Crippen LogP contribution is -2.05. The number of rotatable bonds is 2. The van der Waals surface area contributed by atoms with Gasteiger partial charge in [-0.3, -0.25) is 5.41 Å².